The van der Waals surface area contributed by atoms with E-state index in [2.05, 4.69) is 9.58 Å². The van der Waals surface area contributed by atoms with Crippen LogP contribution in [0.25, 0.3) is 10.9 Å². The number of esters is 1. The minimum atomic E-state index is -0.714. The number of hydrogen-bond donors (Lipinski definition) is 3. The van der Waals surface area contributed by atoms with E-state index in [0.717, 1.165) is 6.29 Å². The van der Waals surface area contributed by atoms with Gasteiger partial charge in [0.1, 0.15) is 32.2 Å². The summed E-state index contributed by atoms with van der Waals surface area (Å²) in [7, 11) is 4.21. The van der Waals surface area contributed by atoms with Gasteiger partial charge in [0.15, 0.2) is 28.8 Å². The van der Waals surface area contributed by atoms with Gasteiger partial charge in [-0.2, -0.15) is 5.26 Å². The van der Waals surface area contributed by atoms with Gasteiger partial charge in [-0.1, -0.05) is 6.07 Å². The Bertz CT molecular complexity index is 1230. The molecule has 2 rings (SSSR count). The normalized spacial score (nSPS) is 9.71. The number of rotatable bonds is 13. The first kappa shape index (κ1) is 36.0. The third-order valence-electron chi connectivity index (χ3n) is 4.52. The number of ketones is 1. The quantitative estimate of drug-likeness (QED) is 0.103. The van der Waals surface area contributed by atoms with Crippen LogP contribution in [0.2, 0.25) is 0 Å². The zero-order chi connectivity index (χ0) is 31.0. The Morgan fingerprint density at radius 1 is 0.902 bits per heavy atom. The lowest BCUT2D eigenvalue weighted by Gasteiger charge is -2.10. The van der Waals surface area contributed by atoms with Crippen LogP contribution in [0, 0.1) is 17.9 Å². The minimum absolute atomic E-state index is 0.0570. The molecule has 0 saturated carbocycles. The molecule has 0 spiro atoms. The zero-order valence-corrected chi connectivity index (χ0v) is 22.9. The number of ether oxygens (including phenoxy) is 5. The van der Waals surface area contributed by atoms with Crippen molar-refractivity contribution < 1.29 is 53.4 Å². The second kappa shape index (κ2) is 21.9. The second-order valence-corrected chi connectivity index (χ2v) is 7.23. The molecule has 0 radical (unpaired) electrons. The molecule has 0 aromatic heterocycles. The SMILES string of the molecule is COc1cc(/C=C(\C#N)C(=O)CO)ccc1OCCO.COc1cc(C=O)ccc1OCCO.[C-]#[N+]CC(=O)OC. The van der Waals surface area contributed by atoms with E-state index in [9.17, 15) is 14.4 Å². The number of aliphatic hydroxyl groups is 3. The van der Waals surface area contributed by atoms with E-state index in [1.165, 1.54) is 27.4 Å². The Morgan fingerprint density at radius 3 is 1.78 bits per heavy atom. The van der Waals surface area contributed by atoms with E-state index < -0.39 is 18.4 Å². The van der Waals surface area contributed by atoms with Crippen molar-refractivity contribution >= 4 is 24.1 Å². The lowest BCUT2D eigenvalue weighted by atomic mass is 10.1. The molecular weight excluding hydrogens is 540 g/mol. The molecule has 13 nitrogen and oxygen atoms in total. The summed E-state index contributed by atoms with van der Waals surface area (Å²) in [5, 5.41) is 34.9. The van der Waals surface area contributed by atoms with Gasteiger partial charge in [-0.05, 0) is 42.0 Å². The van der Waals surface area contributed by atoms with E-state index in [1.54, 1.807) is 42.5 Å². The Labute approximate surface area is 237 Å². The topological polar surface area (TPSA) is 186 Å². The van der Waals surface area contributed by atoms with Crippen molar-refractivity contribution in [1.82, 2.24) is 0 Å². The van der Waals surface area contributed by atoms with E-state index in [0.29, 0.717) is 34.1 Å². The minimum Gasteiger partial charge on any atom is -0.493 e. The highest BCUT2D eigenvalue weighted by molar-refractivity contribution is 6.03. The lowest BCUT2D eigenvalue weighted by molar-refractivity contribution is -0.138. The summed E-state index contributed by atoms with van der Waals surface area (Å²) >= 11 is 0. The number of aliphatic hydroxyl groups excluding tert-OH is 3. The number of carbonyl (C=O) groups excluding carboxylic acids is 3. The molecule has 0 aliphatic rings. The fraction of sp³-hybridized carbons (Fsp3) is 0.321. The summed E-state index contributed by atoms with van der Waals surface area (Å²) in [5.41, 5.74) is 0.952. The fourth-order valence-electron chi connectivity index (χ4n) is 2.64. The van der Waals surface area contributed by atoms with E-state index in [-0.39, 0.29) is 38.5 Å². The van der Waals surface area contributed by atoms with Crippen molar-refractivity contribution in [3.63, 3.8) is 0 Å². The number of carbonyl (C=O) groups is 3. The number of nitrogens with zero attached hydrogens (tertiary/aromatic N) is 2. The molecule has 0 aliphatic heterocycles. The maximum Gasteiger partial charge on any atom is 0.386 e. The van der Waals surface area contributed by atoms with Crippen molar-refractivity contribution in [2.24, 2.45) is 0 Å². The third-order valence-corrected chi connectivity index (χ3v) is 4.52. The Balaban J connectivity index is 0.000000659. The van der Waals surface area contributed by atoms with Gasteiger partial charge in [-0.15, -0.1) is 0 Å². The molecule has 0 atom stereocenters. The summed E-state index contributed by atoms with van der Waals surface area (Å²) in [6.45, 7) is 5.44. The third kappa shape index (κ3) is 14.1. The number of Topliss-reactive ketones (excluding diaryl/α,β-unsaturated/α-hetero) is 1. The molecular formula is C28H32N2O11. The number of hydrogen-bond acceptors (Lipinski definition) is 12. The number of benzene rings is 2. The molecule has 41 heavy (non-hydrogen) atoms. The van der Waals surface area contributed by atoms with Crippen LogP contribution in [-0.2, 0) is 14.3 Å². The molecule has 220 valence electrons. The van der Waals surface area contributed by atoms with E-state index in [1.807, 2.05) is 0 Å². The number of methoxy groups -OCH3 is 3. The number of nitriles is 1. The highest BCUT2D eigenvalue weighted by Gasteiger charge is 2.10. The van der Waals surface area contributed by atoms with Crippen molar-refractivity contribution in [3.8, 4) is 29.1 Å². The van der Waals surface area contributed by atoms with Gasteiger partial charge in [0, 0.05) is 5.56 Å². The van der Waals surface area contributed by atoms with Crippen molar-refractivity contribution in [3.05, 3.63) is 64.5 Å². The van der Waals surface area contributed by atoms with Crippen LogP contribution in [0.4, 0.5) is 0 Å². The van der Waals surface area contributed by atoms with Crippen molar-refractivity contribution in [2.45, 2.75) is 0 Å². The predicted molar refractivity (Wildman–Crippen MR) is 146 cm³/mol. The summed E-state index contributed by atoms with van der Waals surface area (Å²) in [5.74, 6) is 0.754. The van der Waals surface area contributed by atoms with Gasteiger partial charge < -0.3 is 43.8 Å². The number of aldehydes is 1. The molecule has 0 unspecified atom stereocenters. The maximum absolute atomic E-state index is 11.3. The van der Waals surface area contributed by atoms with Gasteiger partial charge in [0.05, 0.1) is 40.1 Å². The molecule has 2 aromatic carbocycles. The molecule has 0 saturated heterocycles. The van der Waals surface area contributed by atoms with Crippen LogP contribution in [-0.4, -0.2) is 94.3 Å². The molecule has 3 N–H and O–H groups in total. The molecule has 13 heteroatoms. The van der Waals surface area contributed by atoms with Crippen molar-refractivity contribution in [1.29, 1.82) is 5.26 Å². The first-order chi connectivity index (χ1) is 19.8. The summed E-state index contributed by atoms with van der Waals surface area (Å²) in [6, 6.07) is 11.4. The van der Waals surface area contributed by atoms with Crippen LogP contribution in [0.3, 0.4) is 0 Å². The average molecular weight is 573 g/mol. The largest absolute Gasteiger partial charge is 0.493 e. The van der Waals surface area contributed by atoms with Gasteiger partial charge in [-0.25, -0.2) is 11.4 Å². The Hall–Kier alpha value is -4.95. The van der Waals surface area contributed by atoms with E-state index >= 15 is 0 Å². The molecule has 0 amide bonds. The van der Waals surface area contributed by atoms with Crippen molar-refractivity contribution in [2.75, 3.05) is 60.9 Å². The molecule has 0 aliphatic carbocycles. The van der Waals surface area contributed by atoms with Crippen LogP contribution in [0.1, 0.15) is 15.9 Å². The van der Waals surface area contributed by atoms with Crippen LogP contribution in [0.15, 0.2) is 42.0 Å². The fourth-order valence-corrected chi connectivity index (χ4v) is 2.64. The summed E-state index contributed by atoms with van der Waals surface area (Å²) in [4.78, 5) is 34.5. The van der Waals surface area contributed by atoms with Gasteiger partial charge in [0.25, 0.3) is 0 Å². The highest BCUT2D eigenvalue weighted by Crippen LogP contribution is 2.29. The molecule has 0 bridgehead atoms. The van der Waals surface area contributed by atoms with E-state index in [4.69, 9.17) is 46.1 Å². The second-order valence-electron chi connectivity index (χ2n) is 7.23. The predicted octanol–water partition coefficient (Wildman–Crippen LogP) is 1.49. The first-order valence-corrected chi connectivity index (χ1v) is 11.7. The highest BCUT2D eigenvalue weighted by atomic mass is 16.5. The average Bonchev–Trinajstić information content (AvgIpc) is 3.01. The lowest BCUT2D eigenvalue weighted by Crippen LogP contribution is -2.06. The maximum atomic E-state index is 11.3. The summed E-state index contributed by atoms with van der Waals surface area (Å²) < 4.78 is 24.7. The Kier molecular flexibility index (Phi) is 19.3. The van der Waals surface area contributed by atoms with Crippen LogP contribution in [0.5, 0.6) is 23.0 Å². The first-order valence-electron chi connectivity index (χ1n) is 11.7. The van der Waals surface area contributed by atoms with Crippen LogP contribution >= 0.6 is 0 Å². The monoisotopic (exact) mass is 572 g/mol. The van der Waals surface area contributed by atoms with Gasteiger partial charge in [0.2, 0.25) is 0 Å². The standard InChI is InChI=1S/C14H15NO5.C10H12O4.C4H5NO2/c1-19-14-7-10(2-3-13(14)20-5-4-16)6-11(8-15)12(18)9-17;1-13-10-6-8(7-12)2-3-9(10)14-5-4-11;1-5-3-4(6)7-2/h2-3,6-7,16-17H,4-5,9H2,1H3;2-3,6-7,11H,4-5H2,1H3;3H2,2H3/b11-6+;;. The molecule has 2 aromatic rings. The van der Waals surface area contributed by atoms with Gasteiger partial charge in [-0.3, -0.25) is 9.59 Å². The molecule has 0 heterocycles. The Morgan fingerprint density at radius 2 is 1.41 bits per heavy atom. The van der Waals surface area contributed by atoms with Gasteiger partial charge >= 0.3 is 12.5 Å². The van der Waals surface area contributed by atoms with Crippen LogP contribution < -0.4 is 18.9 Å². The molecule has 0 fully saturated rings. The zero-order valence-electron chi connectivity index (χ0n) is 22.9. The smallest absolute Gasteiger partial charge is 0.386 e. The summed E-state index contributed by atoms with van der Waals surface area (Å²) in [6.07, 6.45) is 2.09.